The molecule has 0 bridgehead atoms. The van der Waals surface area contributed by atoms with Gasteiger partial charge in [-0.2, -0.15) is 23.4 Å². The van der Waals surface area contributed by atoms with Crippen LogP contribution >= 0.6 is 0 Å². The Hall–Kier alpha value is -3.69. The molecule has 10 heteroatoms. The smallest absolute Gasteiger partial charge is 0.345 e. The van der Waals surface area contributed by atoms with Gasteiger partial charge in [0, 0.05) is 23.9 Å². The average molecular weight is 485 g/mol. The summed E-state index contributed by atoms with van der Waals surface area (Å²) >= 11 is 0. The van der Waals surface area contributed by atoms with E-state index in [2.05, 4.69) is 20.5 Å². The zero-order valence-electron chi connectivity index (χ0n) is 20.2. The molecule has 1 atom stereocenters. The summed E-state index contributed by atoms with van der Waals surface area (Å²) in [5.41, 5.74) is 2.09. The van der Waals surface area contributed by atoms with Crippen LogP contribution in [0.5, 0.6) is 0 Å². The van der Waals surface area contributed by atoms with E-state index in [0.717, 1.165) is 29.1 Å². The maximum Gasteiger partial charge on any atom is 0.433 e. The van der Waals surface area contributed by atoms with Crippen molar-refractivity contribution in [2.45, 2.75) is 59.3 Å². The Morgan fingerprint density at radius 1 is 1.14 bits per heavy atom. The van der Waals surface area contributed by atoms with E-state index in [-0.39, 0.29) is 22.8 Å². The minimum atomic E-state index is -4.69. The first kappa shape index (κ1) is 24.4. The van der Waals surface area contributed by atoms with E-state index in [1.807, 2.05) is 46.0 Å². The Balaban J connectivity index is 1.75. The van der Waals surface area contributed by atoms with E-state index in [1.54, 1.807) is 23.7 Å². The molecule has 0 aliphatic carbocycles. The molecule has 35 heavy (non-hydrogen) atoms. The summed E-state index contributed by atoms with van der Waals surface area (Å²) in [6.07, 6.45) is -1.73. The summed E-state index contributed by atoms with van der Waals surface area (Å²) in [6, 6.07) is 7.75. The molecule has 0 spiro atoms. The zero-order valence-corrected chi connectivity index (χ0v) is 20.2. The van der Waals surface area contributed by atoms with Gasteiger partial charge in [0.1, 0.15) is 5.56 Å². The van der Waals surface area contributed by atoms with E-state index in [4.69, 9.17) is 0 Å². The molecule has 1 N–H and O–H groups in total. The number of carbonyl (C=O) groups is 1. The minimum Gasteiger partial charge on any atom is -0.345 e. The first-order valence-corrected chi connectivity index (χ1v) is 11.4. The third-order valence-electron chi connectivity index (χ3n) is 6.00. The molecule has 0 aliphatic heterocycles. The predicted octanol–water partition coefficient (Wildman–Crippen LogP) is 5.55. The predicted molar refractivity (Wildman–Crippen MR) is 126 cm³/mol. The molecular weight excluding hydrogens is 457 g/mol. The van der Waals surface area contributed by atoms with Crippen molar-refractivity contribution >= 4 is 11.6 Å². The maximum atomic E-state index is 13.9. The normalized spacial score (nSPS) is 12.9. The van der Waals surface area contributed by atoms with Gasteiger partial charge in [0.2, 0.25) is 0 Å². The molecule has 3 aromatic heterocycles. The van der Waals surface area contributed by atoms with Gasteiger partial charge in [-0.05, 0) is 38.3 Å². The Morgan fingerprint density at radius 3 is 2.40 bits per heavy atom. The summed E-state index contributed by atoms with van der Waals surface area (Å²) in [7, 11) is 0. The molecular formula is C25H27F3N6O. The molecule has 0 saturated heterocycles. The van der Waals surface area contributed by atoms with Crippen LogP contribution in [-0.2, 0) is 12.7 Å². The molecule has 0 fully saturated rings. The molecule has 184 valence electrons. The lowest BCUT2D eigenvalue weighted by Gasteiger charge is -2.14. The van der Waals surface area contributed by atoms with Crippen molar-refractivity contribution in [2.75, 3.05) is 0 Å². The van der Waals surface area contributed by atoms with Gasteiger partial charge < -0.3 is 5.32 Å². The van der Waals surface area contributed by atoms with E-state index in [9.17, 15) is 18.0 Å². The molecule has 4 aromatic rings. The van der Waals surface area contributed by atoms with Crippen LogP contribution in [0.2, 0.25) is 0 Å². The summed E-state index contributed by atoms with van der Waals surface area (Å²) < 4.78 is 44.2. The van der Waals surface area contributed by atoms with E-state index >= 15 is 0 Å². The number of hydrogen-bond donors (Lipinski definition) is 1. The van der Waals surface area contributed by atoms with Crippen molar-refractivity contribution in [2.24, 2.45) is 0 Å². The SMILES string of the molecule is CCn1cc(C(C)NC(=O)c2cnn3c(C(F)(F)F)cc(-c4ccc(C(C)C)cc4)nc23)c(C)n1. The highest BCUT2D eigenvalue weighted by Gasteiger charge is 2.36. The van der Waals surface area contributed by atoms with Gasteiger partial charge in [-0.3, -0.25) is 9.48 Å². The van der Waals surface area contributed by atoms with Crippen molar-refractivity contribution < 1.29 is 18.0 Å². The lowest BCUT2D eigenvalue weighted by atomic mass is 10.0. The van der Waals surface area contributed by atoms with Crippen LogP contribution in [0.1, 0.15) is 72.5 Å². The number of aromatic nitrogens is 5. The average Bonchev–Trinajstić information content (AvgIpc) is 3.41. The molecule has 0 saturated carbocycles. The standard InChI is InChI=1S/C25H27F3N6O/c1-6-33-13-20(16(5)32-33)15(4)30-24(35)19-12-29-34-22(25(26,27)28)11-21(31-23(19)34)18-9-7-17(8-10-18)14(2)3/h7-15H,6H2,1-5H3,(H,30,35). The number of halogens is 3. The number of nitrogens with one attached hydrogen (secondary N) is 1. The Labute approximate surface area is 201 Å². The fraction of sp³-hybridized carbons (Fsp3) is 0.360. The van der Waals surface area contributed by atoms with Gasteiger partial charge in [0.15, 0.2) is 11.3 Å². The third kappa shape index (κ3) is 4.78. The highest BCUT2D eigenvalue weighted by Crippen LogP contribution is 2.33. The summed E-state index contributed by atoms with van der Waals surface area (Å²) in [5.74, 6) is -0.283. The van der Waals surface area contributed by atoms with Crippen LogP contribution in [0.4, 0.5) is 13.2 Å². The Morgan fingerprint density at radius 2 is 1.83 bits per heavy atom. The van der Waals surface area contributed by atoms with Crippen LogP contribution in [-0.4, -0.2) is 30.3 Å². The monoisotopic (exact) mass is 484 g/mol. The van der Waals surface area contributed by atoms with E-state index in [0.29, 0.717) is 16.6 Å². The molecule has 4 rings (SSSR count). The molecule has 1 amide bonds. The Kier molecular flexibility index (Phi) is 6.40. The summed E-state index contributed by atoms with van der Waals surface area (Å²) in [6.45, 7) is 10.3. The zero-order chi connectivity index (χ0) is 25.5. The number of rotatable bonds is 6. The fourth-order valence-corrected chi connectivity index (χ4v) is 3.98. The molecule has 1 unspecified atom stereocenters. The van der Waals surface area contributed by atoms with Gasteiger partial charge in [-0.15, -0.1) is 0 Å². The molecule has 1 aromatic carbocycles. The number of nitrogens with zero attached hydrogens (tertiary/aromatic N) is 5. The van der Waals surface area contributed by atoms with E-state index < -0.39 is 23.8 Å². The van der Waals surface area contributed by atoms with Gasteiger partial charge in [-0.1, -0.05) is 38.1 Å². The molecule has 7 nitrogen and oxygen atoms in total. The van der Waals surface area contributed by atoms with Crippen LogP contribution in [0.25, 0.3) is 16.9 Å². The van der Waals surface area contributed by atoms with E-state index in [1.165, 1.54) is 0 Å². The number of aryl methyl sites for hydroxylation is 2. The largest absolute Gasteiger partial charge is 0.433 e. The first-order valence-electron chi connectivity index (χ1n) is 11.4. The van der Waals surface area contributed by atoms with Crippen molar-refractivity contribution in [3.8, 4) is 11.3 Å². The fourth-order valence-electron chi connectivity index (χ4n) is 3.98. The summed E-state index contributed by atoms with van der Waals surface area (Å²) in [5, 5.41) is 11.1. The van der Waals surface area contributed by atoms with Crippen molar-refractivity contribution in [3.63, 3.8) is 0 Å². The minimum absolute atomic E-state index is 0.0384. The summed E-state index contributed by atoms with van der Waals surface area (Å²) in [4.78, 5) is 17.5. The number of hydrogen-bond acceptors (Lipinski definition) is 4. The van der Waals surface area contributed by atoms with Gasteiger partial charge in [0.25, 0.3) is 5.91 Å². The lowest BCUT2D eigenvalue weighted by molar-refractivity contribution is -0.142. The van der Waals surface area contributed by atoms with Gasteiger partial charge in [0.05, 0.1) is 23.6 Å². The number of benzene rings is 1. The Bertz CT molecular complexity index is 1370. The second-order valence-electron chi connectivity index (χ2n) is 8.82. The van der Waals surface area contributed by atoms with Gasteiger partial charge in [-0.25, -0.2) is 9.50 Å². The molecule has 0 radical (unpaired) electrons. The first-order chi connectivity index (χ1) is 16.5. The van der Waals surface area contributed by atoms with Crippen LogP contribution < -0.4 is 5.32 Å². The number of amides is 1. The number of fused-ring (bicyclic) bond motifs is 1. The second kappa shape index (κ2) is 9.16. The van der Waals surface area contributed by atoms with Crippen LogP contribution in [0, 0.1) is 6.92 Å². The number of alkyl halides is 3. The topological polar surface area (TPSA) is 77.1 Å². The third-order valence-corrected chi connectivity index (χ3v) is 6.00. The van der Waals surface area contributed by atoms with Crippen molar-refractivity contribution in [3.05, 3.63) is 70.8 Å². The molecule has 0 aliphatic rings. The highest BCUT2D eigenvalue weighted by molar-refractivity contribution is 6.00. The highest BCUT2D eigenvalue weighted by atomic mass is 19.4. The van der Waals surface area contributed by atoms with Gasteiger partial charge >= 0.3 is 6.18 Å². The quantitative estimate of drug-likeness (QED) is 0.389. The van der Waals surface area contributed by atoms with Crippen LogP contribution in [0.15, 0.2) is 42.7 Å². The van der Waals surface area contributed by atoms with Crippen molar-refractivity contribution in [1.29, 1.82) is 0 Å². The maximum absolute atomic E-state index is 13.9. The van der Waals surface area contributed by atoms with Crippen molar-refractivity contribution in [1.82, 2.24) is 29.7 Å². The lowest BCUT2D eigenvalue weighted by Crippen LogP contribution is -2.27. The number of carbonyl (C=O) groups excluding carboxylic acids is 1. The molecule has 3 heterocycles. The van der Waals surface area contributed by atoms with Crippen LogP contribution in [0.3, 0.4) is 0 Å². The second-order valence-corrected chi connectivity index (χ2v) is 8.82.